The van der Waals surface area contributed by atoms with Crippen LogP contribution in [-0.4, -0.2) is 21.0 Å². The van der Waals surface area contributed by atoms with Gasteiger partial charge in [-0.1, -0.05) is 23.7 Å². The molecule has 1 heterocycles. The summed E-state index contributed by atoms with van der Waals surface area (Å²) < 4.78 is 32.7. The summed E-state index contributed by atoms with van der Waals surface area (Å²) in [5.41, 5.74) is 1.15. The van der Waals surface area contributed by atoms with Gasteiger partial charge < -0.3 is 9.84 Å². The van der Waals surface area contributed by atoms with Gasteiger partial charge in [-0.05, 0) is 30.3 Å². The van der Waals surface area contributed by atoms with E-state index in [9.17, 15) is 13.6 Å². The highest BCUT2D eigenvalue weighted by Gasteiger charge is 2.16. The largest absolute Gasteiger partial charge is 0.512 e. The van der Waals surface area contributed by atoms with Crippen molar-refractivity contribution in [2.45, 2.75) is 0 Å². The Balaban J connectivity index is 2.17. The van der Waals surface area contributed by atoms with E-state index in [1.165, 1.54) is 41.1 Å². The van der Waals surface area contributed by atoms with Crippen LogP contribution in [0.3, 0.4) is 0 Å². The van der Waals surface area contributed by atoms with Gasteiger partial charge >= 0.3 is 6.16 Å². The Hall–Kier alpha value is -2.93. The van der Waals surface area contributed by atoms with E-state index in [1.54, 1.807) is 6.07 Å². The van der Waals surface area contributed by atoms with Gasteiger partial charge in [0.25, 0.3) is 0 Å². The molecular weight excluding hydrogens is 342 g/mol. The van der Waals surface area contributed by atoms with Gasteiger partial charge in [-0.3, -0.25) is 0 Å². The highest BCUT2D eigenvalue weighted by molar-refractivity contribution is 6.30. The van der Waals surface area contributed by atoms with Gasteiger partial charge in [0.15, 0.2) is 0 Å². The zero-order valence-corrected chi connectivity index (χ0v) is 12.7. The number of carboxylic acid groups (broad SMARTS) is 1. The fraction of sp³-hybridized carbons (Fsp3) is 0. The number of ether oxygens (including phenoxy) is 1. The molecule has 0 fully saturated rings. The van der Waals surface area contributed by atoms with Gasteiger partial charge in [0.2, 0.25) is 5.88 Å². The first-order valence-electron chi connectivity index (χ1n) is 6.66. The fourth-order valence-electron chi connectivity index (χ4n) is 2.17. The van der Waals surface area contributed by atoms with Crippen LogP contribution in [0.2, 0.25) is 5.02 Å². The summed E-state index contributed by atoms with van der Waals surface area (Å²) in [6.07, 6.45) is -1.54. The molecule has 0 saturated carbocycles. The molecule has 0 atom stereocenters. The molecule has 0 radical (unpaired) electrons. The van der Waals surface area contributed by atoms with Crippen molar-refractivity contribution >= 4 is 17.8 Å². The van der Waals surface area contributed by atoms with E-state index in [4.69, 9.17) is 16.7 Å². The quantitative estimate of drug-likeness (QED) is 0.705. The summed E-state index contributed by atoms with van der Waals surface area (Å²) in [6.45, 7) is 0. The highest BCUT2D eigenvalue weighted by atomic mass is 35.5. The zero-order chi connectivity index (χ0) is 17.3. The number of aromatic nitrogens is 2. The van der Waals surface area contributed by atoms with Crippen LogP contribution in [0.15, 0.2) is 48.5 Å². The minimum atomic E-state index is -1.54. The van der Waals surface area contributed by atoms with E-state index in [1.807, 2.05) is 0 Å². The minimum Gasteiger partial charge on any atom is -0.449 e. The molecule has 0 aliphatic rings. The van der Waals surface area contributed by atoms with Gasteiger partial charge in [-0.2, -0.15) is 0 Å². The molecule has 1 aromatic heterocycles. The van der Waals surface area contributed by atoms with Crippen molar-refractivity contribution in [2.24, 2.45) is 0 Å². The fourth-order valence-corrected chi connectivity index (χ4v) is 2.34. The third-order valence-electron chi connectivity index (χ3n) is 3.15. The van der Waals surface area contributed by atoms with Gasteiger partial charge in [-0.15, -0.1) is 5.10 Å². The third-order valence-corrected chi connectivity index (χ3v) is 3.44. The molecule has 3 aromatic rings. The number of hydrogen-bond donors (Lipinski definition) is 1. The van der Waals surface area contributed by atoms with Crippen molar-refractivity contribution in [1.82, 2.24) is 9.78 Å². The summed E-state index contributed by atoms with van der Waals surface area (Å²) in [6, 6.07) is 10.8. The molecule has 2 aromatic carbocycles. The lowest BCUT2D eigenvalue weighted by molar-refractivity contribution is 0.142. The molecule has 0 saturated heterocycles. The van der Waals surface area contributed by atoms with Crippen LogP contribution in [0.25, 0.3) is 16.9 Å². The Kier molecular flexibility index (Phi) is 4.18. The Morgan fingerprint density at radius 1 is 1.17 bits per heavy atom. The van der Waals surface area contributed by atoms with Crippen LogP contribution in [0.5, 0.6) is 5.88 Å². The number of benzene rings is 2. The lowest BCUT2D eigenvalue weighted by Gasteiger charge is -2.08. The number of nitrogens with zero attached hydrogens (tertiary/aromatic N) is 2. The lowest BCUT2D eigenvalue weighted by atomic mass is 10.1. The van der Waals surface area contributed by atoms with E-state index in [0.29, 0.717) is 16.9 Å². The SMILES string of the molecule is O=C(O)Oc1cc(-c2cccc(F)c2)n(-c2ccc(F)c(Cl)c2)n1. The summed E-state index contributed by atoms with van der Waals surface area (Å²) >= 11 is 5.78. The van der Waals surface area contributed by atoms with E-state index < -0.39 is 17.8 Å². The normalized spacial score (nSPS) is 10.6. The molecule has 8 heteroatoms. The third kappa shape index (κ3) is 3.21. The van der Waals surface area contributed by atoms with Crippen molar-refractivity contribution in [3.63, 3.8) is 0 Å². The number of carbonyl (C=O) groups is 1. The van der Waals surface area contributed by atoms with E-state index in [-0.39, 0.29) is 10.9 Å². The van der Waals surface area contributed by atoms with Gasteiger partial charge in [0.05, 0.1) is 16.4 Å². The molecule has 0 aliphatic carbocycles. The molecule has 3 rings (SSSR count). The molecule has 5 nitrogen and oxygen atoms in total. The average Bonchev–Trinajstić information content (AvgIpc) is 2.93. The summed E-state index contributed by atoms with van der Waals surface area (Å²) in [4.78, 5) is 10.7. The second kappa shape index (κ2) is 6.29. The van der Waals surface area contributed by atoms with Crippen molar-refractivity contribution < 1.29 is 23.4 Å². The van der Waals surface area contributed by atoms with Crippen LogP contribution >= 0.6 is 11.6 Å². The second-order valence-electron chi connectivity index (χ2n) is 4.76. The van der Waals surface area contributed by atoms with Crippen LogP contribution < -0.4 is 4.74 Å². The van der Waals surface area contributed by atoms with Gasteiger partial charge in [0, 0.05) is 11.6 Å². The van der Waals surface area contributed by atoms with Crippen molar-refractivity contribution in [2.75, 3.05) is 0 Å². The Labute approximate surface area is 139 Å². The maximum Gasteiger partial charge on any atom is 0.512 e. The smallest absolute Gasteiger partial charge is 0.449 e. The van der Waals surface area contributed by atoms with Gasteiger partial charge in [-0.25, -0.2) is 18.3 Å². The summed E-state index contributed by atoms with van der Waals surface area (Å²) in [5.74, 6) is -1.29. The van der Waals surface area contributed by atoms with Crippen molar-refractivity contribution in [3.05, 3.63) is 65.2 Å². The van der Waals surface area contributed by atoms with Crippen LogP contribution in [0, 0.1) is 11.6 Å². The average molecular weight is 351 g/mol. The summed E-state index contributed by atoms with van der Waals surface area (Å²) in [7, 11) is 0. The van der Waals surface area contributed by atoms with E-state index in [0.717, 1.165) is 6.07 Å². The molecule has 0 bridgehead atoms. The topological polar surface area (TPSA) is 64.3 Å². The number of halogens is 3. The van der Waals surface area contributed by atoms with Crippen LogP contribution in [0.4, 0.5) is 13.6 Å². The van der Waals surface area contributed by atoms with E-state index in [2.05, 4.69) is 9.84 Å². The lowest BCUT2D eigenvalue weighted by Crippen LogP contribution is -2.04. The van der Waals surface area contributed by atoms with Crippen LogP contribution in [0.1, 0.15) is 0 Å². The molecular formula is C16H9ClF2N2O3. The summed E-state index contributed by atoms with van der Waals surface area (Å²) in [5, 5.41) is 12.6. The first-order valence-corrected chi connectivity index (χ1v) is 7.04. The highest BCUT2D eigenvalue weighted by Crippen LogP contribution is 2.29. The standard InChI is InChI=1S/C16H9ClF2N2O3/c17-12-7-11(4-5-13(12)19)21-14(8-15(20-21)24-16(22)23)9-2-1-3-10(18)6-9/h1-8H,(H,22,23). The maximum atomic E-state index is 13.5. The zero-order valence-electron chi connectivity index (χ0n) is 11.9. The Morgan fingerprint density at radius 2 is 1.96 bits per heavy atom. The first-order chi connectivity index (χ1) is 11.4. The Morgan fingerprint density at radius 3 is 2.62 bits per heavy atom. The maximum absolute atomic E-state index is 13.5. The predicted molar refractivity (Wildman–Crippen MR) is 82.6 cm³/mol. The monoisotopic (exact) mass is 350 g/mol. The van der Waals surface area contributed by atoms with Crippen molar-refractivity contribution in [3.8, 4) is 22.8 Å². The first kappa shape index (κ1) is 15.9. The molecule has 122 valence electrons. The molecule has 0 spiro atoms. The predicted octanol–water partition coefficient (Wildman–Crippen LogP) is 4.53. The van der Waals surface area contributed by atoms with Gasteiger partial charge in [0.1, 0.15) is 11.6 Å². The van der Waals surface area contributed by atoms with E-state index >= 15 is 0 Å². The molecule has 0 aliphatic heterocycles. The van der Waals surface area contributed by atoms with Crippen LogP contribution in [-0.2, 0) is 0 Å². The van der Waals surface area contributed by atoms with Crippen molar-refractivity contribution in [1.29, 1.82) is 0 Å². The molecule has 24 heavy (non-hydrogen) atoms. The minimum absolute atomic E-state index is 0.131. The Bertz CT molecular complexity index is 927. The molecule has 1 N–H and O–H groups in total. The number of rotatable bonds is 3. The molecule has 0 amide bonds. The second-order valence-corrected chi connectivity index (χ2v) is 5.16. The number of hydrogen-bond acceptors (Lipinski definition) is 3. The molecule has 0 unspecified atom stereocenters.